The van der Waals surface area contributed by atoms with Gasteiger partial charge in [-0.25, -0.2) is 9.67 Å². The lowest BCUT2D eigenvalue weighted by atomic mass is 10.1. The fraction of sp³-hybridized carbons (Fsp3) is 0.538. The summed E-state index contributed by atoms with van der Waals surface area (Å²) in [6.07, 6.45) is 3.67. The Labute approximate surface area is 121 Å². The minimum absolute atomic E-state index is 0.143. The average molecular weight is 291 g/mol. The summed E-state index contributed by atoms with van der Waals surface area (Å²) in [5.41, 5.74) is 1.56. The first-order valence-corrected chi connectivity index (χ1v) is 7.70. The molecule has 1 atom stereocenters. The zero-order chi connectivity index (χ0) is 14.1. The second kappa shape index (κ2) is 5.32. The molecule has 1 fully saturated rings. The number of amides is 1. The van der Waals surface area contributed by atoms with E-state index in [2.05, 4.69) is 15.3 Å². The SMILES string of the molecule is CCN1CCCC(n2cc(-c3csc(C)n3)nn2)C1=O. The largest absolute Gasteiger partial charge is 0.341 e. The zero-order valence-corrected chi connectivity index (χ0v) is 12.4. The summed E-state index contributed by atoms with van der Waals surface area (Å²) in [5.74, 6) is 0.143. The van der Waals surface area contributed by atoms with E-state index in [-0.39, 0.29) is 11.9 Å². The lowest BCUT2D eigenvalue weighted by molar-refractivity contribution is -0.137. The number of rotatable bonds is 3. The van der Waals surface area contributed by atoms with Crippen molar-refractivity contribution in [1.29, 1.82) is 0 Å². The second-order valence-electron chi connectivity index (χ2n) is 4.91. The maximum atomic E-state index is 12.3. The van der Waals surface area contributed by atoms with Gasteiger partial charge in [-0.3, -0.25) is 4.79 Å². The molecular formula is C13H17N5OS. The molecule has 6 nitrogen and oxygen atoms in total. The molecule has 0 aliphatic carbocycles. The van der Waals surface area contributed by atoms with Crippen LogP contribution in [0.25, 0.3) is 11.4 Å². The van der Waals surface area contributed by atoms with Crippen LogP contribution in [-0.4, -0.2) is 43.9 Å². The number of hydrogen-bond acceptors (Lipinski definition) is 5. The number of hydrogen-bond donors (Lipinski definition) is 0. The monoisotopic (exact) mass is 291 g/mol. The van der Waals surface area contributed by atoms with E-state index in [0.29, 0.717) is 0 Å². The molecule has 7 heteroatoms. The fourth-order valence-electron chi connectivity index (χ4n) is 2.51. The Morgan fingerprint density at radius 1 is 1.45 bits per heavy atom. The van der Waals surface area contributed by atoms with Crippen molar-refractivity contribution >= 4 is 17.2 Å². The van der Waals surface area contributed by atoms with E-state index in [9.17, 15) is 4.79 Å². The molecule has 0 bridgehead atoms. The van der Waals surface area contributed by atoms with Crippen molar-refractivity contribution in [3.8, 4) is 11.4 Å². The van der Waals surface area contributed by atoms with E-state index in [1.807, 2.05) is 30.3 Å². The highest BCUT2D eigenvalue weighted by atomic mass is 32.1. The van der Waals surface area contributed by atoms with Crippen LogP contribution in [0.5, 0.6) is 0 Å². The first-order valence-electron chi connectivity index (χ1n) is 6.82. The molecular weight excluding hydrogens is 274 g/mol. The van der Waals surface area contributed by atoms with Crippen LogP contribution in [0, 0.1) is 6.92 Å². The summed E-state index contributed by atoms with van der Waals surface area (Å²) in [7, 11) is 0. The van der Waals surface area contributed by atoms with Gasteiger partial charge in [0.2, 0.25) is 5.91 Å². The highest BCUT2D eigenvalue weighted by Crippen LogP contribution is 2.24. The van der Waals surface area contributed by atoms with Gasteiger partial charge in [0.05, 0.1) is 11.2 Å². The number of aryl methyl sites for hydroxylation is 1. The number of thiazole rings is 1. The first kappa shape index (κ1) is 13.2. The molecule has 20 heavy (non-hydrogen) atoms. The number of likely N-dealkylation sites (N-methyl/N-ethyl adjacent to an activating group) is 1. The van der Waals surface area contributed by atoms with Gasteiger partial charge in [0.25, 0.3) is 0 Å². The molecule has 106 valence electrons. The maximum absolute atomic E-state index is 12.3. The summed E-state index contributed by atoms with van der Waals surface area (Å²) in [6.45, 7) is 5.56. The topological polar surface area (TPSA) is 63.9 Å². The highest BCUT2D eigenvalue weighted by Gasteiger charge is 2.30. The number of nitrogens with zero attached hydrogens (tertiary/aromatic N) is 5. The van der Waals surface area contributed by atoms with E-state index in [4.69, 9.17) is 0 Å². The van der Waals surface area contributed by atoms with Crippen LogP contribution in [0.1, 0.15) is 30.8 Å². The summed E-state index contributed by atoms with van der Waals surface area (Å²) >= 11 is 1.59. The molecule has 1 unspecified atom stereocenters. The Morgan fingerprint density at radius 3 is 3.00 bits per heavy atom. The normalized spacial score (nSPS) is 19.6. The van der Waals surface area contributed by atoms with E-state index >= 15 is 0 Å². The fourth-order valence-corrected chi connectivity index (χ4v) is 3.11. The van der Waals surface area contributed by atoms with Crippen molar-refractivity contribution in [1.82, 2.24) is 24.9 Å². The van der Waals surface area contributed by atoms with Gasteiger partial charge in [0.15, 0.2) is 0 Å². The van der Waals surface area contributed by atoms with Crippen LogP contribution in [-0.2, 0) is 4.79 Å². The molecule has 0 N–H and O–H groups in total. The number of aromatic nitrogens is 4. The molecule has 3 rings (SSSR count). The Kier molecular flexibility index (Phi) is 3.52. The van der Waals surface area contributed by atoms with Gasteiger partial charge < -0.3 is 4.90 Å². The molecule has 1 aliphatic rings. The third-order valence-corrected chi connectivity index (χ3v) is 4.37. The van der Waals surface area contributed by atoms with Crippen molar-refractivity contribution in [3.63, 3.8) is 0 Å². The van der Waals surface area contributed by atoms with Crippen molar-refractivity contribution in [3.05, 3.63) is 16.6 Å². The zero-order valence-electron chi connectivity index (χ0n) is 11.6. The number of carbonyl (C=O) groups excluding carboxylic acids is 1. The van der Waals surface area contributed by atoms with Gasteiger partial charge in [0, 0.05) is 18.5 Å². The molecule has 2 aromatic rings. The predicted molar refractivity (Wildman–Crippen MR) is 76.4 cm³/mol. The Bertz CT molecular complexity index is 620. The lowest BCUT2D eigenvalue weighted by Crippen LogP contribution is -2.42. The maximum Gasteiger partial charge on any atom is 0.247 e. The van der Waals surface area contributed by atoms with Crippen LogP contribution in [0.4, 0.5) is 0 Å². The summed E-state index contributed by atoms with van der Waals surface area (Å²) in [4.78, 5) is 18.6. The van der Waals surface area contributed by atoms with Crippen molar-refractivity contribution in [2.24, 2.45) is 0 Å². The predicted octanol–water partition coefficient (Wildman–Crippen LogP) is 1.89. The Balaban J connectivity index is 1.84. The number of carbonyl (C=O) groups is 1. The number of piperidine rings is 1. The van der Waals surface area contributed by atoms with Crippen molar-refractivity contribution in [2.45, 2.75) is 32.7 Å². The van der Waals surface area contributed by atoms with E-state index in [1.165, 1.54) is 0 Å². The summed E-state index contributed by atoms with van der Waals surface area (Å²) in [5, 5.41) is 11.2. The first-order chi connectivity index (χ1) is 9.69. The van der Waals surface area contributed by atoms with E-state index in [0.717, 1.165) is 42.3 Å². The van der Waals surface area contributed by atoms with E-state index in [1.54, 1.807) is 16.0 Å². The molecule has 2 aromatic heterocycles. The van der Waals surface area contributed by atoms with Crippen molar-refractivity contribution in [2.75, 3.05) is 13.1 Å². The smallest absolute Gasteiger partial charge is 0.247 e. The van der Waals surface area contributed by atoms with Crippen LogP contribution in [0.15, 0.2) is 11.6 Å². The van der Waals surface area contributed by atoms with E-state index < -0.39 is 0 Å². The molecule has 3 heterocycles. The standard InChI is InChI=1S/C13H17N5OS/c1-3-17-6-4-5-12(13(17)19)18-7-10(15-16-18)11-8-20-9(2)14-11/h7-8,12H,3-6H2,1-2H3. The number of likely N-dealkylation sites (tertiary alicyclic amines) is 1. The molecule has 0 radical (unpaired) electrons. The van der Waals surface area contributed by atoms with Crippen molar-refractivity contribution < 1.29 is 4.79 Å². The Hall–Kier alpha value is -1.76. The molecule has 0 aromatic carbocycles. The molecule has 0 saturated carbocycles. The second-order valence-corrected chi connectivity index (χ2v) is 5.97. The summed E-state index contributed by atoms with van der Waals surface area (Å²) < 4.78 is 1.69. The van der Waals surface area contributed by atoms with Crippen LogP contribution < -0.4 is 0 Å². The third-order valence-electron chi connectivity index (χ3n) is 3.60. The van der Waals surface area contributed by atoms with Gasteiger partial charge in [-0.1, -0.05) is 5.21 Å². The third kappa shape index (κ3) is 2.33. The van der Waals surface area contributed by atoms with Crippen LogP contribution in [0.2, 0.25) is 0 Å². The van der Waals surface area contributed by atoms with Crippen LogP contribution >= 0.6 is 11.3 Å². The van der Waals surface area contributed by atoms with Gasteiger partial charge in [-0.05, 0) is 26.7 Å². The average Bonchev–Trinajstić information content (AvgIpc) is 3.07. The minimum atomic E-state index is -0.218. The van der Waals surface area contributed by atoms with Gasteiger partial charge in [-0.2, -0.15) is 0 Å². The highest BCUT2D eigenvalue weighted by molar-refractivity contribution is 7.09. The van der Waals surface area contributed by atoms with Gasteiger partial charge >= 0.3 is 0 Å². The molecule has 0 spiro atoms. The minimum Gasteiger partial charge on any atom is -0.341 e. The summed E-state index contributed by atoms with van der Waals surface area (Å²) in [6, 6.07) is -0.218. The Morgan fingerprint density at radius 2 is 2.30 bits per heavy atom. The molecule has 1 aliphatic heterocycles. The molecule has 1 amide bonds. The lowest BCUT2D eigenvalue weighted by Gasteiger charge is -2.31. The van der Waals surface area contributed by atoms with Crippen LogP contribution in [0.3, 0.4) is 0 Å². The van der Waals surface area contributed by atoms with Gasteiger partial charge in [-0.15, -0.1) is 16.4 Å². The quantitative estimate of drug-likeness (QED) is 0.866. The molecule has 1 saturated heterocycles. The van der Waals surface area contributed by atoms with Gasteiger partial charge in [0.1, 0.15) is 17.4 Å².